The zero-order valence-corrected chi connectivity index (χ0v) is 18.7. The van der Waals surface area contributed by atoms with E-state index in [2.05, 4.69) is 33.7 Å². The monoisotopic (exact) mass is 477 g/mol. The lowest BCUT2D eigenvalue weighted by molar-refractivity contribution is 0.565. The Balaban J connectivity index is 1.56. The van der Waals surface area contributed by atoms with Crippen LogP contribution >= 0.6 is 27.3 Å². The van der Waals surface area contributed by atoms with Gasteiger partial charge >= 0.3 is 0 Å². The summed E-state index contributed by atoms with van der Waals surface area (Å²) >= 11 is 4.74. The number of hydrogen-bond donors (Lipinski definition) is 1. The van der Waals surface area contributed by atoms with Gasteiger partial charge in [0.1, 0.15) is 4.21 Å². The number of aryl methyl sites for hydroxylation is 1. The second-order valence-electron chi connectivity index (χ2n) is 6.86. The third kappa shape index (κ3) is 3.74. The minimum atomic E-state index is -3.48. The molecule has 1 aliphatic carbocycles. The number of halogens is 1. The van der Waals surface area contributed by atoms with E-state index in [1.807, 2.05) is 41.9 Å². The Kier molecular flexibility index (Phi) is 5.30. The van der Waals surface area contributed by atoms with Crippen LogP contribution < -0.4 is 4.72 Å². The fraction of sp³-hybridized carbons (Fsp3) is 0.250. The van der Waals surface area contributed by atoms with E-state index in [4.69, 9.17) is 5.10 Å². The largest absolute Gasteiger partial charge is 0.250 e. The first-order valence-corrected chi connectivity index (χ1v) is 12.1. The normalized spacial score (nSPS) is 19.4. The third-order valence-electron chi connectivity index (χ3n) is 4.92. The number of rotatable bonds is 5. The van der Waals surface area contributed by atoms with Crippen molar-refractivity contribution in [1.82, 2.24) is 14.5 Å². The molecule has 0 amide bonds. The van der Waals surface area contributed by atoms with Crippen molar-refractivity contribution in [2.75, 3.05) is 0 Å². The van der Waals surface area contributed by atoms with Crippen LogP contribution in [0.4, 0.5) is 0 Å². The molecule has 1 N–H and O–H groups in total. The van der Waals surface area contributed by atoms with Gasteiger partial charge in [-0.05, 0) is 49.9 Å². The van der Waals surface area contributed by atoms with Crippen LogP contribution in [0.3, 0.4) is 0 Å². The Morgan fingerprint density at radius 2 is 2.04 bits per heavy atom. The van der Waals surface area contributed by atoms with Crippen LogP contribution in [0.25, 0.3) is 5.69 Å². The van der Waals surface area contributed by atoms with Crippen LogP contribution in [0.1, 0.15) is 29.3 Å². The number of nitrogens with zero attached hydrogens (tertiary/aromatic N) is 2. The molecule has 0 radical (unpaired) electrons. The topological polar surface area (TPSA) is 64.0 Å². The number of aromatic nitrogens is 2. The molecule has 0 aliphatic heterocycles. The van der Waals surface area contributed by atoms with Crippen molar-refractivity contribution in [3.63, 3.8) is 0 Å². The third-order valence-corrected chi connectivity index (χ3v) is 8.30. The molecule has 2 heterocycles. The highest BCUT2D eigenvalue weighted by Crippen LogP contribution is 2.34. The first-order chi connectivity index (χ1) is 13.3. The van der Waals surface area contributed by atoms with E-state index in [1.165, 1.54) is 11.3 Å². The smallest absolute Gasteiger partial charge is 0.238 e. The summed E-state index contributed by atoms with van der Waals surface area (Å²) < 4.78 is 31.1. The summed E-state index contributed by atoms with van der Waals surface area (Å²) in [4.78, 5) is 0. The highest BCUT2D eigenvalue weighted by atomic mass is 79.9. The first kappa shape index (κ1) is 19.6. The highest BCUT2D eigenvalue weighted by Gasteiger charge is 2.29. The second-order valence-corrected chi connectivity index (χ2v) is 10.7. The summed E-state index contributed by atoms with van der Waals surface area (Å²) in [6.45, 7) is 4.07. The van der Waals surface area contributed by atoms with Crippen molar-refractivity contribution >= 4 is 37.3 Å². The van der Waals surface area contributed by atoms with E-state index in [1.54, 1.807) is 17.5 Å². The maximum atomic E-state index is 12.5. The van der Waals surface area contributed by atoms with E-state index in [-0.39, 0.29) is 12.0 Å². The molecule has 1 aromatic carbocycles. The molecule has 0 bridgehead atoms. The molecule has 5 nitrogen and oxygen atoms in total. The SMILES string of the molecule is Cc1nn(-c2cccc(Br)c2)c(C)c1[C@@H]1C=C[C@@H](NS(=O)(=O)c2cccs2)C1. The molecule has 0 saturated carbocycles. The lowest BCUT2D eigenvalue weighted by Gasteiger charge is -2.14. The number of hydrogen-bond acceptors (Lipinski definition) is 4. The Hall–Kier alpha value is -1.74. The molecule has 8 heteroatoms. The van der Waals surface area contributed by atoms with Crippen molar-refractivity contribution in [3.05, 3.63) is 75.4 Å². The van der Waals surface area contributed by atoms with Gasteiger partial charge in [-0.3, -0.25) is 0 Å². The zero-order valence-electron chi connectivity index (χ0n) is 15.5. The van der Waals surface area contributed by atoms with Crippen LogP contribution in [0.15, 0.2) is 62.6 Å². The number of thiophene rings is 1. The Bertz CT molecular complexity index is 1130. The highest BCUT2D eigenvalue weighted by molar-refractivity contribution is 9.10. The minimum absolute atomic E-state index is 0.136. The standard InChI is InChI=1S/C20H20BrN3O2S2/c1-13-20(14(2)24(22-13)18-6-3-5-16(21)12-18)15-8-9-17(11-15)23-28(25,26)19-7-4-10-27-19/h3-10,12,15,17,23H,11H2,1-2H3/t15-,17-/m1/s1. The molecular weight excluding hydrogens is 458 g/mol. The lowest BCUT2D eigenvalue weighted by Crippen LogP contribution is -2.32. The molecule has 0 unspecified atom stereocenters. The van der Waals surface area contributed by atoms with Gasteiger partial charge in [0.2, 0.25) is 0 Å². The van der Waals surface area contributed by atoms with Crippen LogP contribution in [-0.2, 0) is 10.0 Å². The van der Waals surface area contributed by atoms with Crippen molar-refractivity contribution in [2.45, 2.75) is 36.4 Å². The Morgan fingerprint density at radius 1 is 1.21 bits per heavy atom. The fourth-order valence-electron chi connectivity index (χ4n) is 3.72. The van der Waals surface area contributed by atoms with Gasteiger partial charge in [0.15, 0.2) is 0 Å². The van der Waals surface area contributed by atoms with E-state index in [0.29, 0.717) is 10.6 Å². The van der Waals surface area contributed by atoms with E-state index in [0.717, 1.165) is 27.1 Å². The van der Waals surface area contributed by atoms with E-state index >= 15 is 0 Å². The van der Waals surface area contributed by atoms with Gasteiger partial charge in [-0.1, -0.05) is 40.2 Å². The minimum Gasteiger partial charge on any atom is -0.238 e. The van der Waals surface area contributed by atoms with Crippen LogP contribution in [0.5, 0.6) is 0 Å². The molecular formula is C20H20BrN3O2S2. The molecule has 3 aromatic rings. The summed E-state index contributed by atoms with van der Waals surface area (Å²) in [5, 5.41) is 6.50. The Labute approximate surface area is 177 Å². The van der Waals surface area contributed by atoms with Gasteiger partial charge in [-0.25, -0.2) is 17.8 Å². The number of nitrogens with one attached hydrogen (secondary N) is 1. The predicted octanol–water partition coefficient (Wildman–Crippen LogP) is 4.70. The van der Waals surface area contributed by atoms with Gasteiger partial charge in [0, 0.05) is 27.7 Å². The summed E-state index contributed by atoms with van der Waals surface area (Å²) in [5.74, 6) is 0.136. The molecule has 28 heavy (non-hydrogen) atoms. The van der Waals surface area contributed by atoms with Gasteiger partial charge < -0.3 is 0 Å². The van der Waals surface area contributed by atoms with Crippen molar-refractivity contribution < 1.29 is 8.42 Å². The molecule has 146 valence electrons. The average molecular weight is 478 g/mol. The number of allylic oxidation sites excluding steroid dienone is 1. The quantitative estimate of drug-likeness (QED) is 0.541. The van der Waals surface area contributed by atoms with Crippen molar-refractivity contribution in [3.8, 4) is 5.69 Å². The summed E-state index contributed by atoms with van der Waals surface area (Å²) in [7, 11) is -3.48. The molecule has 4 rings (SSSR count). The molecule has 0 saturated heterocycles. The first-order valence-electron chi connectivity index (χ1n) is 8.91. The molecule has 1 aliphatic rings. The summed E-state index contributed by atoms with van der Waals surface area (Å²) in [5.41, 5.74) is 4.20. The predicted molar refractivity (Wildman–Crippen MR) is 116 cm³/mol. The van der Waals surface area contributed by atoms with Gasteiger partial charge in [-0.2, -0.15) is 5.10 Å². The van der Waals surface area contributed by atoms with Crippen LogP contribution in [0.2, 0.25) is 0 Å². The molecule has 0 spiro atoms. The lowest BCUT2D eigenvalue weighted by atomic mass is 9.96. The second kappa shape index (κ2) is 7.59. The molecule has 2 atom stereocenters. The Morgan fingerprint density at radius 3 is 2.75 bits per heavy atom. The van der Waals surface area contributed by atoms with Gasteiger partial charge in [-0.15, -0.1) is 11.3 Å². The number of benzene rings is 1. The van der Waals surface area contributed by atoms with Crippen LogP contribution in [0, 0.1) is 13.8 Å². The molecule has 0 fully saturated rings. The number of sulfonamides is 1. The maximum Gasteiger partial charge on any atom is 0.250 e. The van der Waals surface area contributed by atoms with Crippen LogP contribution in [-0.4, -0.2) is 24.2 Å². The average Bonchev–Trinajstić information content (AvgIpc) is 3.36. The summed E-state index contributed by atoms with van der Waals surface area (Å²) in [6.07, 6.45) is 4.73. The summed E-state index contributed by atoms with van der Waals surface area (Å²) in [6, 6.07) is 11.2. The zero-order chi connectivity index (χ0) is 19.9. The van der Waals surface area contributed by atoms with Gasteiger partial charge in [0.25, 0.3) is 10.0 Å². The van der Waals surface area contributed by atoms with Crippen molar-refractivity contribution in [1.29, 1.82) is 0 Å². The van der Waals surface area contributed by atoms with Gasteiger partial charge in [0.05, 0.1) is 11.4 Å². The van der Waals surface area contributed by atoms with Crippen molar-refractivity contribution in [2.24, 2.45) is 0 Å². The van der Waals surface area contributed by atoms with E-state index < -0.39 is 10.0 Å². The van der Waals surface area contributed by atoms with E-state index in [9.17, 15) is 8.42 Å². The molecule has 2 aromatic heterocycles. The fourth-order valence-corrected chi connectivity index (χ4v) is 6.33. The maximum absolute atomic E-state index is 12.5.